The first-order valence-corrected chi connectivity index (χ1v) is 11.0. The second-order valence-corrected chi connectivity index (χ2v) is 7.49. The third kappa shape index (κ3) is 5.88. The summed E-state index contributed by atoms with van der Waals surface area (Å²) in [5.74, 6) is -0.416. The van der Waals surface area contributed by atoms with Crippen molar-refractivity contribution in [2.24, 2.45) is 0 Å². The molecule has 11 heteroatoms. The minimum Gasteiger partial charge on any atom is -0.460 e. The van der Waals surface area contributed by atoms with Crippen molar-refractivity contribution in [2.45, 2.75) is 6.92 Å². The van der Waals surface area contributed by atoms with Crippen LogP contribution in [0.4, 0.5) is 15.8 Å². The van der Waals surface area contributed by atoms with Gasteiger partial charge in [0.05, 0.1) is 17.2 Å². The van der Waals surface area contributed by atoms with Crippen LogP contribution in [-0.2, 0) is 4.74 Å². The van der Waals surface area contributed by atoms with E-state index in [1.54, 1.807) is 41.1 Å². The second-order valence-electron chi connectivity index (χ2n) is 7.49. The molecule has 1 amide bonds. The summed E-state index contributed by atoms with van der Waals surface area (Å²) in [7, 11) is 0. The van der Waals surface area contributed by atoms with Gasteiger partial charge in [0.15, 0.2) is 5.82 Å². The zero-order valence-corrected chi connectivity index (χ0v) is 19.3. The zero-order valence-electron chi connectivity index (χ0n) is 19.3. The van der Waals surface area contributed by atoms with Gasteiger partial charge in [0.1, 0.15) is 12.4 Å². The fourth-order valence-electron chi connectivity index (χ4n) is 3.31. The van der Waals surface area contributed by atoms with Gasteiger partial charge in [-0.15, -0.1) is 5.10 Å². The Bertz CT molecular complexity index is 1360. The molecule has 3 aromatic carbocycles. The molecule has 1 heterocycles. The molecule has 0 unspecified atom stereocenters. The van der Waals surface area contributed by atoms with Crippen molar-refractivity contribution in [2.75, 3.05) is 25.1 Å². The molecule has 184 valence electrons. The maximum absolute atomic E-state index is 13.5. The number of hydrogen-bond donors (Lipinski definition) is 1. The van der Waals surface area contributed by atoms with E-state index in [9.17, 15) is 19.3 Å². The Kier molecular flexibility index (Phi) is 7.61. The Balaban J connectivity index is 1.56. The van der Waals surface area contributed by atoms with Crippen LogP contribution in [0, 0.1) is 15.9 Å². The average Bonchev–Trinajstić information content (AvgIpc) is 3.31. The van der Waals surface area contributed by atoms with Gasteiger partial charge in [-0.1, -0.05) is 6.07 Å². The Morgan fingerprint density at radius 3 is 2.53 bits per heavy atom. The van der Waals surface area contributed by atoms with Gasteiger partial charge in [0, 0.05) is 35.6 Å². The third-order valence-electron chi connectivity index (χ3n) is 5.04. The van der Waals surface area contributed by atoms with E-state index in [-0.39, 0.29) is 29.7 Å². The number of non-ortho nitro benzene ring substituents is 1. The summed E-state index contributed by atoms with van der Waals surface area (Å²) in [4.78, 5) is 27.4. The number of halogens is 1. The maximum atomic E-state index is 13.5. The SMILES string of the molecule is CCOCCOc1nc(-c2ccc(F)cc2)n(-c2ccc(NC(=O)c3cccc([N+](=O)[O-])c3)cc2)n1. The minimum atomic E-state index is -0.558. The summed E-state index contributed by atoms with van der Waals surface area (Å²) >= 11 is 0. The molecule has 1 N–H and O–H groups in total. The van der Waals surface area contributed by atoms with Gasteiger partial charge in [-0.3, -0.25) is 14.9 Å². The van der Waals surface area contributed by atoms with Crippen molar-refractivity contribution in [3.63, 3.8) is 0 Å². The molecule has 0 radical (unpaired) electrons. The lowest BCUT2D eigenvalue weighted by Gasteiger charge is -2.09. The standard InChI is InChI=1S/C25H22FN5O5/c1-2-35-14-15-36-25-28-23(17-6-8-19(26)9-7-17)30(29-25)21-12-10-20(11-13-21)27-24(32)18-4-3-5-22(16-18)31(33)34/h3-13,16H,2,14-15H2,1H3,(H,27,32). The quantitative estimate of drug-likeness (QED) is 0.195. The molecule has 0 saturated heterocycles. The minimum absolute atomic E-state index is 0.136. The number of carbonyl (C=O) groups excluding carboxylic acids is 1. The third-order valence-corrected chi connectivity index (χ3v) is 5.04. The molecular weight excluding hydrogens is 469 g/mol. The van der Waals surface area contributed by atoms with Crippen molar-refractivity contribution in [1.82, 2.24) is 14.8 Å². The van der Waals surface area contributed by atoms with E-state index in [2.05, 4.69) is 15.4 Å². The first-order valence-electron chi connectivity index (χ1n) is 11.0. The lowest BCUT2D eigenvalue weighted by molar-refractivity contribution is -0.384. The van der Waals surface area contributed by atoms with Crippen LogP contribution in [0.3, 0.4) is 0 Å². The van der Waals surface area contributed by atoms with Crippen LogP contribution in [0.25, 0.3) is 17.1 Å². The summed E-state index contributed by atoms with van der Waals surface area (Å²) in [6.07, 6.45) is 0. The van der Waals surface area contributed by atoms with Crippen LogP contribution in [-0.4, -0.2) is 45.4 Å². The van der Waals surface area contributed by atoms with Gasteiger partial charge < -0.3 is 14.8 Å². The summed E-state index contributed by atoms with van der Waals surface area (Å²) < 4.78 is 25.9. The van der Waals surface area contributed by atoms with Crippen LogP contribution in [0.5, 0.6) is 6.01 Å². The zero-order chi connectivity index (χ0) is 25.5. The molecule has 0 aliphatic rings. The monoisotopic (exact) mass is 491 g/mol. The molecule has 0 atom stereocenters. The number of amides is 1. The smallest absolute Gasteiger partial charge is 0.336 e. The van der Waals surface area contributed by atoms with Crippen molar-refractivity contribution in [1.29, 1.82) is 0 Å². The van der Waals surface area contributed by atoms with Gasteiger partial charge in [0.25, 0.3) is 11.6 Å². The Hall–Kier alpha value is -4.64. The van der Waals surface area contributed by atoms with Crippen LogP contribution in [0.15, 0.2) is 72.8 Å². The highest BCUT2D eigenvalue weighted by atomic mass is 19.1. The fraction of sp³-hybridized carbons (Fsp3) is 0.160. The summed E-state index contributed by atoms with van der Waals surface area (Å²) in [5, 5.41) is 18.1. The highest BCUT2D eigenvalue weighted by Crippen LogP contribution is 2.25. The fourth-order valence-corrected chi connectivity index (χ4v) is 3.31. The van der Waals surface area contributed by atoms with Crippen LogP contribution >= 0.6 is 0 Å². The predicted molar refractivity (Wildman–Crippen MR) is 130 cm³/mol. The van der Waals surface area contributed by atoms with E-state index in [0.717, 1.165) is 0 Å². The van der Waals surface area contributed by atoms with Crippen molar-refractivity contribution < 1.29 is 23.6 Å². The summed E-state index contributed by atoms with van der Waals surface area (Å²) in [6.45, 7) is 3.10. The van der Waals surface area contributed by atoms with Gasteiger partial charge in [-0.05, 0) is 61.5 Å². The number of ether oxygens (including phenoxy) is 2. The van der Waals surface area contributed by atoms with Gasteiger partial charge in [0.2, 0.25) is 0 Å². The predicted octanol–water partition coefficient (Wildman–Crippen LogP) is 4.65. The molecule has 4 rings (SSSR count). The first kappa shape index (κ1) is 24.5. The number of nitrogens with one attached hydrogen (secondary N) is 1. The van der Waals surface area contributed by atoms with Crippen molar-refractivity contribution >= 4 is 17.3 Å². The molecule has 36 heavy (non-hydrogen) atoms. The number of benzene rings is 3. The van der Waals surface area contributed by atoms with E-state index in [1.165, 1.54) is 36.4 Å². The number of anilines is 1. The normalized spacial score (nSPS) is 10.7. The lowest BCUT2D eigenvalue weighted by atomic mass is 10.2. The Morgan fingerprint density at radius 2 is 1.83 bits per heavy atom. The molecule has 0 saturated carbocycles. The molecular formula is C25H22FN5O5. The Morgan fingerprint density at radius 1 is 1.08 bits per heavy atom. The lowest BCUT2D eigenvalue weighted by Crippen LogP contribution is -2.12. The number of nitro benzene ring substituents is 1. The van der Waals surface area contributed by atoms with E-state index in [4.69, 9.17) is 9.47 Å². The van der Waals surface area contributed by atoms with Crippen LogP contribution in [0.2, 0.25) is 0 Å². The number of nitro groups is 1. The second kappa shape index (κ2) is 11.2. The summed E-state index contributed by atoms with van der Waals surface area (Å²) in [6, 6.07) is 18.2. The van der Waals surface area contributed by atoms with Gasteiger partial charge >= 0.3 is 6.01 Å². The van der Waals surface area contributed by atoms with E-state index < -0.39 is 10.8 Å². The number of hydrogen-bond acceptors (Lipinski definition) is 7. The molecule has 4 aromatic rings. The first-order chi connectivity index (χ1) is 17.4. The molecule has 0 spiro atoms. The molecule has 0 bridgehead atoms. The van der Waals surface area contributed by atoms with E-state index in [0.29, 0.717) is 36.0 Å². The molecule has 0 aliphatic heterocycles. The largest absolute Gasteiger partial charge is 0.460 e. The highest BCUT2D eigenvalue weighted by molar-refractivity contribution is 6.04. The van der Waals surface area contributed by atoms with E-state index in [1.807, 2.05) is 6.92 Å². The number of carbonyl (C=O) groups is 1. The molecule has 1 aromatic heterocycles. The van der Waals surface area contributed by atoms with Crippen LogP contribution < -0.4 is 10.1 Å². The molecule has 10 nitrogen and oxygen atoms in total. The van der Waals surface area contributed by atoms with Gasteiger partial charge in [-0.2, -0.15) is 4.98 Å². The average molecular weight is 491 g/mol. The topological polar surface area (TPSA) is 121 Å². The number of aromatic nitrogens is 3. The van der Waals surface area contributed by atoms with Crippen molar-refractivity contribution in [3.05, 3.63) is 94.3 Å². The maximum Gasteiger partial charge on any atom is 0.336 e. The molecule has 0 fully saturated rings. The summed E-state index contributed by atoms with van der Waals surface area (Å²) in [5.41, 5.74) is 1.72. The number of nitrogens with zero attached hydrogens (tertiary/aromatic N) is 4. The van der Waals surface area contributed by atoms with Crippen molar-refractivity contribution in [3.8, 4) is 23.1 Å². The van der Waals surface area contributed by atoms with E-state index >= 15 is 0 Å². The molecule has 0 aliphatic carbocycles. The van der Waals surface area contributed by atoms with Crippen LogP contribution in [0.1, 0.15) is 17.3 Å². The van der Waals surface area contributed by atoms with Gasteiger partial charge in [-0.25, -0.2) is 9.07 Å². The Labute approximate surface area is 205 Å². The number of rotatable bonds is 10. The highest BCUT2D eigenvalue weighted by Gasteiger charge is 2.16.